The third-order valence-electron chi connectivity index (χ3n) is 2.19. The van der Waals surface area contributed by atoms with Crippen molar-refractivity contribution >= 4 is 5.97 Å². The first-order valence-corrected chi connectivity index (χ1v) is 5.59. The van der Waals surface area contributed by atoms with Gasteiger partial charge in [-0.25, -0.2) is 4.79 Å². The number of hydrogen-bond donors (Lipinski definition) is 1. The van der Waals surface area contributed by atoms with Crippen LogP contribution in [0.1, 0.15) is 46.0 Å². The Balaban J connectivity index is 3.98. The maximum Gasteiger partial charge on any atom is 0.333 e. The highest BCUT2D eigenvalue weighted by Gasteiger charge is 2.13. The Hall–Kier alpha value is -0.830. The molecule has 0 heterocycles. The van der Waals surface area contributed by atoms with E-state index < -0.39 is 0 Å². The van der Waals surface area contributed by atoms with E-state index in [1.54, 1.807) is 6.92 Å². The Bertz CT molecular complexity index is 191. The van der Waals surface area contributed by atoms with Crippen LogP contribution in [-0.4, -0.2) is 23.8 Å². The van der Waals surface area contributed by atoms with Gasteiger partial charge in [0.25, 0.3) is 0 Å². The number of ether oxygens (including phenoxy) is 1. The first kappa shape index (κ1) is 14.2. The molecule has 0 bridgehead atoms. The third-order valence-corrected chi connectivity index (χ3v) is 2.19. The number of aliphatic hydroxyl groups is 1. The summed E-state index contributed by atoms with van der Waals surface area (Å²) in [6, 6.07) is 0. The molecule has 0 aliphatic rings. The van der Waals surface area contributed by atoms with Crippen LogP contribution >= 0.6 is 0 Å². The molecular weight excluding hydrogens is 192 g/mol. The highest BCUT2D eigenvalue weighted by molar-refractivity contribution is 5.87. The summed E-state index contributed by atoms with van der Waals surface area (Å²) in [4.78, 5) is 11.3. The second-order valence-corrected chi connectivity index (χ2v) is 3.82. The molecule has 0 aliphatic carbocycles. The molecular formula is C12H22O3. The molecule has 0 aliphatic heterocycles. The largest absolute Gasteiger partial charge is 0.459 e. The van der Waals surface area contributed by atoms with E-state index in [-0.39, 0.29) is 18.7 Å². The van der Waals surface area contributed by atoms with Gasteiger partial charge in [0.2, 0.25) is 0 Å². The predicted molar refractivity (Wildman–Crippen MR) is 60.5 cm³/mol. The summed E-state index contributed by atoms with van der Waals surface area (Å²) >= 11 is 0. The molecule has 88 valence electrons. The lowest BCUT2D eigenvalue weighted by Crippen LogP contribution is -2.19. The highest BCUT2D eigenvalue weighted by Crippen LogP contribution is 2.12. The van der Waals surface area contributed by atoms with Crippen LogP contribution in [0, 0.1) is 0 Å². The summed E-state index contributed by atoms with van der Waals surface area (Å²) in [5.74, 6) is -0.325. The van der Waals surface area contributed by atoms with E-state index in [0.717, 1.165) is 25.7 Å². The number of aliphatic hydroxyl groups excluding tert-OH is 1. The molecule has 0 aromatic rings. The molecule has 3 heteroatoms. The number of esters is 1. The van der Waals surface area contributed by atoms with Crippen LogP contribution in [0.4, 0.5) is 0 Å². The first-order chi connectivity index (χ1) is 7.11. The van der Waals surface area contributed by atoms with E-state index in [9.17, 15) is 4.79 Å². The van der Waals surface area contributed by atoms with E-state index in [0.29, 0.717) is 12.0 Å². The molecule has 0 amide bonds. The lowest BCUT2D eigenvalue weighted by Gasteiger charge is -2.17. The number of carbonyl (C=O) groups is 1. The zero-order chi connectivity index (χ0) is 11.7. The van der Waals surface area contributed by atoms with Crippen LogP contribution in [0.3, 0.4) is 0 Å². The Labute approximate surface area is 92.1 Å². The van der Waals surface area contributed by atoms with Gasteiger partial charge < -0.3 is 9.84 Å². The SMILES string of the molecule is C=C(C)C(=O)OC(CCCC)CCCO. The summed E-state index contributed by atoms with van der Waals surface area (Å²) in [6.45, 7) is 7.44. The average molecular weight is 214 g/mol. The zero-order valence-electron chi connectivity index (χ0n) is 9.79. The summed E-state index contributed by atoms with van der Waals surface area (Å²) < 4.78 is 5.27. The maximum atomic E-state index is 11.3. The van der Waals surface area contributed by atoms with Gasteiger partial charge in [-0.2, -0.15) is 0 Å². The van der Waals surface area contributed by atoms with Gasteiger partial charge in [-0.1, -0.05) is 26.3 Å². The maximum absolute atomic E-state index is 11.3. The Kier molecular flexibility index (Phi) is 8.01. The highest BCUT2D eigenvalue weighted by atomic mass is 16.5. The van der Waals surface area contributed by atoms with Gasteiger partial charge in [-0.3, -0.25) is 0 Å². The van der Waals surface area contributed by atoms with Crippen LogP contribution in [-0.2, 0) is 9.53 Å². The van der Waals surface area contributed by atoms with Gasteiger partial charge in [0.05, 0.1) is 0 Å². The van der Waals surface area contributed by atoms with Gasteiger partial charge in [0, 0.05) is 12.2 Å². The first-order valence-electron chi connectivity index (χ1n) is 5.59. The summed E-state index contributed by atoms with van der Waals surface area (Å²) in [6.07, 6.45) is 4.34. The lowest BCUT2D eigenvalue weighted by molar-refractivity contribution is -0.145. The van der Waals surface area contributed by atoms with E-state index in [1.807, 2.05) is 0 Å². The van der Waals surface area contributed by atoms with Crippen molar-refractivity contribution in [2.75, 3.05) is 6.61 Å². The number of carbonyl (C=O) groups excluding carboxylic acids is 1. The monoisotopic (exact) mass is 214 g/mol. The molecule has 1 N–H and O–H groups in total. The topological polar surface area (TPSA) is 46.5 Å². The van der Waals surface area contributed by atoms with Gasteiger partial charge >= 0.3 is 5.97 Å². The van der Waals surface area contributed by atoms with Crippen molar-refractivity contribution in [1.82, 2.24) is 0 Å². The molecule has 0 aromatic heterocycles. The van der Waals surface area contributed by atoms with Crippen LogP contribution in [0.25, 0.3) is 0 Å². The molecule has 3 nitrogen and oxygen atoms in total. The molecule has 0 saturated heterocycles. The second kappa shape index (κ2) is 8.48. The summed E-state index contributed by atoms with van der Waals surface area (Å²) in [5, 5.41) is 8.73. The lowest BCUT2D eigenvalue weighted by atomic mass is 10.1. The molecule has 0 rings (SSSR count). The van der Waals surface area contributed by atoms with Gasteiger partial charge in [-0.05, 0) is 26.2 Å². The molecule has 0 saturated carbocycles. The normalized spacial score (nSPS) is 12.2. The van der Waals surface area contributed by atoms with Crippen LogP contribution in [0.2, 0.25) is 0 Å². The van der Waals surface area contributed by atoms with Crippen molar-refractivity contribution < 1.29 is 14.6 Å². The van der Waals surface area contributed by atoms with E-state index >= 15 is 0 Å². The fourth-order valence-corrected chi connectivity index (χ4v) is 1.26. The molecule has 1 unspecified atom stereocenters. The smallest absolute Gasteiger partial charge is 0.333 e. The van der Waals surface area contributed by atoms with Crippen molar-refractivity contribution in [3.63, 3.8) is 0 Å². The Morgan fingerprint density at radius 3 is 2.47 bits per heavy atom. The van der Waals surface area contributed by atoms with Crippen molar-refractivity contribution in [1.29, 1.82) is 0 Å². The van der Waals surface area contributed by atoms with E-state index in [2.05, 4.69) is 13.5 Å². The summed E-state index contributed by atoms with van der Waals surface area (Å²) in [7, 11) is 0. The van der Waals surface area contributed by atoms with Gasteiger partial charge in [0.15, 0.2) is 0 Å². The average Bonchev–Trinajstić information content (AvgIpc) is 2.21. The van der Waals surface area contributed by atoms with Crippen LogP contribution in [0.15, 0.2) is 12.2 Å². The van der Waals surface area contributed by atoms with Crippen LogP contribution in [0.5, 0.6) is 0 Å². The minimum Gasteiger partial charge on any atom is -0.459 e. The van der Waals surface area contributed by atoms with E-state index in [4.69, 9.17) is 9.84 Å². The fraction of sp³-hybridized carbons (Fsp3) is 0.750. The molecule has 15 heavy (non-hydrogen) atoms. The minimum absolute atomic E-state index is 0.0682. The number of unbranched alkanes of at least 4 members (excludes halogenated alkanes) is 1. The predicted octanol–water partition coefficient (Wildman–Crippen LogP) is 2.44. The standard InChI is InChI=1S/C12H22O3/c1-4-5-7-11(8-6-9-13)15-12(14)10(2)3/h11,13H,2,4-9H2,1,3H3. The third kappa shape index (κ3) is 7.14. The fourth-order valence-electron chi connectivity index (χ4n) is 1.26. The molecule has 0 spiro atoms. The van der Waals surface area contributed by atoms with Crippen LogP contribution < -0.4 is 0 Å². The number of hydrogen-bond acceptors (Lipinski definition) is 3. The molecule has 0 radical (unpaired) electrons. The molecule has 0 aromatic carbocycles. The van der Waals surface area contributed by atoms with Gasteiger partial charge in [-0.15, -0.1) is 0 Å². The minimum atomic E-state index is -0.325. The quantitative estimate of drug-likeness (QED) is 0.498. The van der Waals surface area contributed by atoms with E-state index in [1.165, 1.54) is 0 Å². The van der Waals surface area contributed by atoms with Crippen molar-refractivity contribution in [3.05, 3.63) is 12.2 Å². The Morgan fingerprint density at radius 2 is 2.00 bits per heavy atom. The summed E-state index contributed by atoms with van der Waals surface area (Å²) in [5.41, 5.74) is 0.431. The van der Waals surface area contributed by atoms with Crippen molar-refractivity contribution in [2.45, 2.75) is 52.1 Å². The molecule has 1 atom stereocenters. The van der Waals surface area contributed by atoms with Gasteiger partial charge in [0.1, 0.15) is 6.10 Å². The van der Waals surface area contributed by atoms with Crippen molar-refractivity contribution in [3.8, 4) is 0 Å². The second-order valence-electron chi connectivity index (χ2n) is 3.82. The molecule has 0 fully saturated rings. The number of rotatable bonds is 8. The Morgan fingerprint density at radius 1 is 1.40 bits per heavy atom. The van der Waals surface area contributed by atoms with Crippen molar-refractivity contribution in [2.24, 2.45) is 0 Å². The zero-order valence-corrected chi connectivity index (χ0v) is 9.79.